The highest BCUT2D eigenvalue weighted by atomic mass is 79.9. The van der Waals surface area contributed by atoms with Crippen molar-refractivity contribution in [1.82, 2.24) is 15.2 Å². The molecule has 3 rings (SSSR count). The normalized spacial score (nSPS) is 10.8. The van der Waals surface area contributed by atoms with Gasteiger partial charge >= 0.3 is 0 Å². The molecule has 0 saturated carbocycles. The molecule has 1 aromatic heterocycles. The van der Waals surface area contributed by atoms with Crippen LogP contribution in [0.25, 0.3) is 11.4 Å². The molecule has 1 heterocycles. The quantitative estimate of drug-likeness (QED) is 0.712. The minimum absolute atomic E-state index is 0.329. The second kappa shape index (κ2) is 5.65. The fraction of sp³-hybridized carbons (Fsp3) is 0.0667. The molecule has 0 unspecified atom stereocenters. The molecule has 0 spiro atoms. The lowest BCUT2D eigenvalue weighted by Gasteiger charge is -1.99. The topological polar surface area (TPSA) is 67.6 Å². The molecule has 0 aliphatic rings. The summed E-state index contributed by atoms with van der Waals surface area (Å²) >= 11 is 3.26. The van der Waals surface area contributed by atoms with Gasteiger partial charge in [0.2, 0.25) is 0 Å². The van der Waals surface area contributed by atoms with Gasteiger partial charge < -0.3 is 5.73 Å². The van der Waals surface area contributed by atoms with Crippen molar-refractivity contribution in [3.63, 3.8) is 0 Å². The van der Waals surface area contributed by atoms with Crippen molar-refractivity contribution in [2.45, 2.75) is 6.42 Å². The Morgan fingerprint density at radius 3 is 2.62 bits per heavy atom. The first kappa shape index (κ1) is 13.8. The Kier molecular flexibility index (Phi) is 3.70. The number of anilines is 1. The Bertz CT molecular complexity index is 747. The third-order valence-electron chi connectivity index (χ3n) is 3.00. The SMILES string of the molecule is Nc1ccc(Cc2nc(-c3cc(F)cc(Br)c3)n[nH]2)cc1. The third-order valence-corrected chi connectivity index (χ3v) is 3.46. The number of nitrogen functional groups attached to an aromatic ring is 1. The van der Waals surface area contributed by atoms with Crippen LogP contribution in [0.3, 0.4) is 0 Å². The highest BCUT2D eigenvalue weighted by molar-refractivity contribution is 9.10. The Morgan fingerprint density at radius 2 is 1.90 bits per heavy atom. The molecule has 0 bridgehead atoms. The lowest BCUT2D eigenvalue weighted by molar-refractivity contribution is 0.627. The molecule has 0 saturated heterocycles. The van der Waals surface area contributed by atoms with Crippen molar-refractivity contribution in [3.05, 3.63) is 64.1 Å². The van der Waals surface area contributed by atoms with Crippen LogP contribution in [0.5, 0.6) is 0 Å². The first-order chi connectivity index (χ1) is 10.1. The molecule has 0 aliphatic heterocycles. The summed E-state index contributed by atoms with van der Waals surface area (Å²) in [6.07, 6.45) is 0.615. The summed E-state index contributed by atoms with van der Waals surface area (Å²) < 4.78 is 14.1. The van der Waals surface area contributed by atoms with E-state index in [2.05, 4.69) is 31.1 Å². The largest absolute Gasteiger partial charge is 0.399 e. The molecule has 0 aliphatic carbocycles. The molecule has 21 heavy (non-hydrogen) atoms. The summed E-state index contributed by atoms with van der Waals surface area (Å²) in [5.74, 6) is 0.861. The molecule has 0 atom stereocenters. The van der Waals surface area contributed by atoms with Crippen LogP contribution in [0, 0.1) is 5.82 Å². The van der Waals surface area contributed by atoms with E-state index < -0.39 is 0 Å². The minimum Gasteiger partial charge on any atom is -0.399 e. The van der Waals surface area contributed by atoms with Crippen LogP contribution >= 0.6 is 15.9 Å². The fourth-order valence-corrected chi connectivity index (χ4v) is 2.48. The van der Waals surface area contributed by atoms with Crippen LogP contribution in [-0.2, 0) is 6.42 Å². The van der Waals surface area contributed by atoms with Crippen molar-refractivity contribution in [2.75, 3.05) is 5.73 Å². The van der Waals surface area contributed by atoms with Gasteiger partial charge in [-0.2, -0.15) is 5.10 Å². The Morgan fingerprint density at radius 1 is 1.14 bits per heavy atom. The van der Waals surface area contributed by atoms with Gasteiger partial charge in [-0.1, -0.05) is 28.1 Å². The van der Waals surface area contributed by atoms with Crippen molar-refractivity contribution in [2.24, 2.45) is 0 Å². The van der Waals surface area contributed by atoms with Gasteiger partial charge in [-0.25, -0.2) is 9.37 Å². The number of nitrogens with zero attached hydrogens (tertiary/aromatic N) is 2. The molecule has 0 amide bonds. The first-order valence-corrected chi connectivity index (χ1v) is 7.11. The van der Waals surface area contributed by atoms with Crippen molar-refractivity contribution < 1.29 is 4.39 Å². The molecule has 106 valence electrons. The number of nitrogens with one attached hydrogen (secondary N) is 1. The van der Waals surface area contributed by atoms with Gasteiger partial charge in [0.05, 0.1) is 0 Å². The van der Waals surface area contributed by atoms with Crippen LogP contribution in [0.1, 0.15) is 11.4 Å². The number of aromatic nitrogens is 3. The zero-order valence-corrected chi connectivity index (χ0v) is 12.6. The Hall–Kier alpha value is -2.21. The van der Waals surface area contributed by atoms with Gasteiger partial charge in [-0.15, -0.1) is 0 Å². The van der Waals surface area contributed by atoms with E-state index in [4.69, 9.17) is 5.73 Å². The molecular weight excluding hydrogens is 335 g/mol. The fourth-order valence-electron chi connectivity index (χ4n) is 2.02. The maximum atomic E-state index is 13.4. The molecule has 6 heteroatoms. The summed E-state index contributed by atoms with van der Waals surface area (Å²) in [6.45, 7) is 0. The van der Waals surface area contributed by atoms with E-state index >= 15 is 0 Å². The summed E-state index contributed by atoms with van der Waals surface area (Å²) in [7, 11) is 0. The lowest BCUT2D eigenvalue weighted by Crippen LogP contribution is -1.92. The standard InChI is InChI=1S/C15H12BrFN4/c16-11-6-10(7-12(17)8-11)15-19-14(20-21-15)5-9-1-3-13(18)4-2-9/h1-4,6-8H,5,18H2,(H,19,20,21). The van der Waals surface area contributed by atoms with Crippen molar-refractivity contribution in [1.29, 1.82) is 0 Å². The Balaban J connectivity index is 1.84. The number of halogens is 2. The third kappa shape index (κ3) is 3.28. The number of benzene rings is 2. The zero-order chi connectivity index (χ0) is 14.8. The predicted octanol–water partition coefficient (Wildman–Crippen LogP) is 3.55. The average Bonchev–Trinajstić information content (AvgIpc) is 2.89. The van der Waals surface area contributed by atoms with E-state index in [-0.39, 0.29) is 5.82 Å². The van der Waals surface area contributed by atoms with Crippen LogP contribution in [0.2, 0.25) is 0 Å². The van der Waals surface area contributed by atoms with Crippen LogP contribution in [0.15, 0.2) is 46.9 Å². The summed E-state index contributed by atoms with van der Waals surface area (Å²) in [4.78, 5) is 4.40. The van der Waals surface area contributed by atoms with E-state index in [9.17, 15) is 4.39 Å². The minimum atomic E-state index is -0.329. The first-order valence-electron chi connectivity index (χ1n) is 6.32. The smallest absolute Gasteiger partial charge is 0.181 e. The van der Waals surface area contributed by atoms with Gasteiger partial charge in [0.25, 0.3) is 0 Å². The van der Waals surface area contributed by atoms with Crippen LogP contribution in [0.4, 0.5) is 10.1 Å². The van der Waals surface area contributed by atoms with Crippen LogP contribution < -0.4 is 5.73 Å². The predicted molar refractivity (Wildman–Crippen MR) is 83.1 cm³/mol. The number of hydrogen-bond donors (Lipinski definition) is 2. The van der Waals surface area contributed by atoms with Gasteiger partial charge in [-0.05, 0) is 35.9 Å². The number of aromatic amines is 1. The number of H-pyrrole nitrogens is 1. The van der Waals surface area contributed by atoms with E-state index in [0.717, 1.165) is 17.1 Å². The van der Waals surface area contributed by atoms with E-state index in [0.29, 0.717) is 22.3 Å². The zero-order valence-electron chi connectivity index (χ0n) is 11.0. The van der Waals surface area contributed by atoms with E-state index in [1.165, 1.54) is 12.1 Å². The van der Waals surface area contributed by atoms with Crippen LogP contribution in [-0.4, -0.2) is 15.2 Å². The van der Waals surface area contributed by atoms with Gasteiger partial charge in [0, 0.05) is 22.1 Å². The summed E-state index contributed by atoms with van der Waals surface area (Å²) in [5, 5.41) is 7.01. The maximum absolute atomic E-state index is 13.4. The second-order valence-corrected chi connectivity index (χ2v) is 5.60. The number of nitrogens with two attached hydrogens (primary N) is 1. The number of rotatable bonds is 3. The average molecular weight is 347 g/mol. The lowest BCUT2D eigenvalue weighted by atomic mass is 10.1. The molecule has 0 radical (unpaired) electrons. The summed E-state index contributed by atoms with van der Waals surface area (Å²) in [6, 6.07) is 12.1. The Labute approximate surface area is 129 Å². The van der Waals surface area contributed by atoms with E-state index in [1.807, 2.05) is 24.3 Å². The molecular formula is C15H12BrFN4. The second-order valence-electron chi connectivity index (χ2n) is 4.68. The van der Waals surface area contributed by atoms with Gasteiger partial charge in [0.15, 0.2) is 5.82 Å². The van der Waals surface area contributed by atoms with Crippen molar-refractivity contribution >= 4 is 21.6 Å². The van der Waals surface area contributed by atoms with Gasteiger partial charge in [-0.3, -0.25) is 5.10 Å². The molecule has 0 fully saturated rings. The molecule has 2 aromatic carbocycles. The summed E-state index contributed by atoms with van der Waals surface area (Å²) in [5.41, 5.74) is 8.08. The molecule has 3 aromatic rings. The van der Waals surface area contributed by atoms with E-state index in [1.54, 1.807) is 6.07 Å². The van der Waals surface area contributed by atoms with Gasteiger partial charge in [0.1, 0.15) is 11.6 Å². The highest BCUT2D eigenvalue weighted by Gasteiger charge is 2.09. The number of hydrogen-bond acceptors (Lipinski definition) is 3. The highest BCUT2D eigenvalue weighted by Crippen LogP contribution is 2.22. The molecule has 4 nitrogen and oxygen atoms in total. The molecule has 3 N–H and O–H groups in total. The maximum Gasteiger partial charge on any atom is 0.181 e. The van der Waals surface area contributed by atoms with Crippen molar-refractivity contribution in [3.8, 4) is 11.4 Å². The monoisotopic (exact) mass is 346 g/mol.